The van der Waals surface area contributed by atoms with Crippen molar-refractivity contribution in [1.29, 1.82) is 0 Å². The predicted octanol–water partition coefficient (Wildman–Crippen LogP) is 1.07. The Morgan fingerprint density at radius 2 is 2.09 bits per heavy atom. The second-order valence-electron chi connectivity index (χ2n) is 4.95. The van der Waals surface area contributed by atoms with E-state index in [0.29, 0.717) is 17.5 Å². The molecule has 1 atom stereocenters. The summed E-state index contributed by atoms with van der Waals surface area (Å²) in [5, 5.41) is 12.5. The summed E-state index contributed by atoms with van der Waals surface area (Å²) in [6.07, 6.45) is -1.71. The lowest BCUT2D eigenvalue weighted by Crippen LogP contribution is -2.47. The molecule has 0 aliphatic carbocycles. The van der Waals surface area contributed by atoms with E-state index < -0.39 is 39.7 Å². The lowest BCUT2D eigenvalue weighted by Gasteiger charge is -2.31. The molecule has 1 unspecified atom stereocenters. The minimum absolute atomic E-state index is 0.0176. The Morgan fingerprint density at radius 3 is 2.68 bits per heavy atom. The highest BCUT2D eigenvalue weighted by Crippen LogP contribution is 2.26. The summed E-state index contributed by atoms with van der Waals surface area (Å²) in [5.41, 5.74) is 0. The SMILES string of the molecule is O=C(O)C1CCCCN1S(=O)(=O)c1cnn(CC(F)(F)F)c1. The minimum Gasteiger partial charge on any atom is -0.480 e. The maximum atomic E-state index is 12.4. The van der Waals surface area contributed by atoms with Crippen molar-refractivity contribution >= 4 is 16.0 Å². The number of piperidine rings is 1. The van der Waals surface area contributed by atoms with Crippen molar-refractivity contribution in [2.75, 3.05) is 6.54 Å². The molecule has 0 aromatic carbocycles. The van der Waals surface area contributed by atoms with Crippen molar-refractivity contribution in [3.8, 4) is 0 Å². The van der Waals surface area contributed by atoms with Gasteiger partial charge in [0.15, 0.2) is 0 Å². The number of carboxylic acid groups (broad SMARTS) is 1. The van der Waals surface area contributed by atoms with E-state index in [4.69, 9.17) is 5.11 Å². The first-order chi connectivity index (χ1) is 10.1. The molecule has 11 heteroatoms. The summed E-state index contributed by atoms with van der Waals surface area (Å²) in [6, 6.07) is -1.20. The third kappa shape index (κ3) is 3.58. The molecule has 1 saturated heterocycles. The molecule has 0 spiro atoms. The van der Waals surface area contributed by atoms with Gasteiger partial charge in [-0.25, -0.2) is 8.42 Å². The van der Waals surface area contributed by atoms with Crippen molar-refractivity contribution in [3.63, 3.8) is 0 Å². The van der Waals surface area contributed by atoms with E-state index in [0.717, 1.165) is 16.7 Å². The van der Waals surface area contributed by atoms with Crippen LogP contribution in [0.25, 0.3) is 0 Å². The zero-order valence-electron chi connectivity index (χ0n) is 11.3. The number of carbonyl (C=O) groups is 1. The second-order valence-corrected chi connectivity index (χ2v) is 6.84. The molecule has 0 bridgehead atoms. The summed E-state index contributed by atoms with van der Waals surface area (Å²) >= 11 is 0. The van der Waals surface area contributed by atoms with Gasteiger partial charge in [-0.05, 0) is 19.3 Å². The first-order valence-corrected chi connectivity index (χ1v) is 7.89. The van der Waals surface area contributed by atoms with Gasteiger partial charge in [-0.2, -0.15) is 22.6 Å². The van der Waals surface area contributed by atoms with E-state index >= 15 is 0 Å². The molecule has 2 heterocycles. The molecule has 1 aliphatic rings. The Hall–Kier alpha value is -1.62. The largest absolute Gasteiger partial charge is 0.480 e. The molecule has 22 heavy (non-hydrogen) atoms. The smallest absolute Gasteiger partial charge is 0.408 e. The van der Waals surface area contributed by atoms with E-state index in [1.54, 1.807) is 0 Å². The Balaban J connectivity index is 2.28. The van der Waals surface area contributed by atoms with Crippen LogP contribution in [0.1, 0.15) is 19.3 Å². The summed E-state index contributed by atoms with van der Waals surface area (Å²) in [4.78, 5) is 10.7. The zero-order chi connectivity index (χ0) is 16.5. The van der Waals surface area contributed by atoms with Gasteiger partial charge in [0.05, 0.1) is 6.20 Å². The van der Waals surface area contributed by atoms with Crippen LogP contribution >= 0.6 is 0 Å². The highest BCUT2D eigenvalue weighted by molar-refractivity contribution is 7.89. The van der Waals surface area contributed by atoms with E-state index in [9.17, 15) is 26.4 Å². The molecule has 1 fully saturated rings. The number of halogens is 3. The van der Waals surface area contributed by atoms with E-state index in [1.165, 1.54) is 0 Å². The molecule has 2 rings (SSSR count). The number of carboxylic acids is 1. The van der Waals surface area contributed by atoms with Gasteiger partial charge in [0.2, 0.25) is 10.0 Å². The number of nitrogens with zero attached hydrogens (tertiary/aromatic N) is 3. The third-order valence-corrected chi connectivity index (χ3v) is 5.16. The molecular formula is C11H14F3N3O4S. The molecule has 124 valence electrons. The molecule has 1 aromatic heterocycles. The van der Waals surface area contributed by atoms with Gasteiger partial charge in [0, 0.05) is 12.7 Å². The Bertz CT molecular complexity index is 656. The fourth-order valence-electron chi connectivity index (χ4n) is 2.32. The molecular weight excluding hydrogens is 327 g/mol. The zero-order valence-corrected chi connectivity index (χ0v) is 12.1. The van der Waals surface area contributed by atoms with Crippen molar-refractivity contribution in [2.45, 2.75) is 42.9 Å². The highest BCUT2D eigenvalue weighted by atomic mass is 32.2. The second kappa shape index (κ2) is 5.88. The molecule has 1 N–H and O–H groups in total. The number of alkyl halides is 3. The van der Waals surface area contributed by atoms with Crippen LogP contribution in [0.15, 0.2) is 17.3 Å². The van der Waals surface area contributed by atoms with Crippen LogP contribution in [0.3, 0.4) is 0 Å². The Kier molecular flexibility index (Phi) is 4.47. The van der Waals surface area contributed by atoms with E-state index in [-0.39, 0.29) is 13.0 Å². The molecule has 1 aromatic rings. The molecule has 7 nitrogen and oxygen atoms in total. The third-order valence-electron chi connectivity index (χ3n) is 3.30. The van der Waals surface area contributed by atoms with Gasteiger partial charge < -0.3 is 5.11 Å². The van der Waals surface area contributed by atoms with Crippen LogP contribution in [-0.2, 0) is 21.4 Å². The topological polar surface area (TPSA) is 92.5 Å². The first kappa shape index (κ1) is 16.7. The van der Waals surface area contributed by atoms with E-state index in [1.807, 2.05) is 0 Å². The number of hydrogen-bond acceptors (Lipinski definition) is 4. The van der Waals surface area contributed by atoms with Crippen molar-refractivity contribution < 1.29 is 31.5 Å². The van der Waals surface area contributed by atoms with Crippen LogP contribution < -0.4 is 0 Å². The van der Waals surface area contributed by atoms with Gasteiger partial charge in [-0.3, -0.25) is 9.48 Å². The van der Waals surface area contributed by atoms with Crippen LogP contribution in [0.5, 0.6) is 0 Å². The summed E-state index contributed by atoms with van der Waals surface area (Å²) in [6.45, 7) is -1.39. The number of rotatable bonds is 4. The van der Waals surface area contributed by atoms with Crippen LogP contribution in [0.4, 0.5) is 13.2 Å². The summed E-state index contributed by atoms with van der Waals surface area (Å²) < 4.78 is 62.9. The van der Waals surface area contributed by atoms with Gasteiger partial charge >= 0.3 is 12.1 Å². The lowest BCUT2D eigenvalue weighted by atomic mass is 10.1. The normalized spacial score (nSPS) is 21.0. The Morgan fingerprint density at radius 1 is 1.41 bits per heavy atom. The quantitative estimate of drug-likeness (QED) is 0.884. The fourth-order valence-corrected chi connectivity index (χ4v) is 3.93. The van der Waals surface area contributed by atoms with Crippen molar-refractivity contribution in [3.05, 3.63) is 12.4 Å². The van der Waals surface area contributed by atoms with Gasteiger partial charge in [0.1, 0.15) is 17.5 Å². The maximum absolute atomic E-state index is 12.4. The van der Waals surface area contributed by atoms with Crippen molar-refractivity contribution in [1.82, 2.24) is 14.1 Å². The predicted molar refractivity (Wildman–Crippen MR) is 67.4 cm³/mol. The van der Waals surface area contributed by atoms with Crippen LogP contribution in [0.2, 0.25) is 0 Å². The first-order valence-electron chi connectivity index (χ1n) is 6.45. The number of aliphatic carboxylic acids is 1. The van der Waals surface area contributed by atoms with Crippen molar-refractivity contribution in [2.24, 2.45) is 0 Å². The summed E-state index contributed by atoms with van der Waals surface area (Å²) in [5.74, 6) is -1.27. The lowest BCUT2D eigenvalue weighted by molar-refractivity contribution is -0.143. The minimum atomic E-state index is -4.53. The molecule has 0 saturated carbocycles. The molecule has 1 aliphatic heterocycles. The van der Waals surface area contributed by atoms with Crippen LogP contribution in [-0.4, -0.2) is 52.3 Å². The molecule has 0 amide bonds. The van der Waals surface area contributed by atoms with Gasteiger partial charge in [0.25, 0.3) is 0 Å². The summed E-state index contributed by atoms with van der Waals surface area (Å²) in [7, 11) is -4.19. The average Bonchev–Trinajstić information content (AvgIpc) is 2.85. The number of aromatic nitrogens is 2. The maximum Gasteiger partial charge on any atom is 0.408 e. The van der Waals surface area contributed by atoms with E-state index in [2.05, 4.69) is 5.10 Å². The average molecular weight is 341 g/mol. The fraction of sp³-hybridized carbons (Fsp3) is 0.636. The highest BCUT2D eigenvalue weighted by Gasteiger charge is 2.38. The number of sulfonamides is 1. The monoisotopic (exact) mass is 341 g/mol. The Labute approximate surface area is 124 Å². The standard InChI is InChI=1S/C11H14F3N3O4S/c12-11(13,14)7-16-6-8(5-15-16)22(20,21)17-4-2-1-3-9(17)10(18)19/h5-6,9H,1-4,7H2,(H,18,19). The van der Waals surface area contributed by atoms with Crippen LogP contribution in [0, 0.1) is 0 Å². The van der Waals surface area contributed by atoms with Gasteiger partial charge in [-0.1, -0.05) is 0 Å². The molecule has 0 radical (unpaired) electrons. The van der Waals surface area contributed by atoms with Gasteiger partial charge in [-0.15, -0.1) is 0 Å². The number of hydrogen-bond donors (Lipinski definition) is 1.